The van der Waals surface area contributed by atoms with Crippen LogP contribution in [0.15, 0.2) is 36.2 Å². The molecule has 0 fully saturated rings. The monoisotopic (exact) mass is 539 g/mol. The Morgan fingerprint density at radius 1 is 1.24 bits per heavy atom. The van der Waals surface area contributed by atoms with Gasteiger partial charge < -0.3 is 24.7 Å². The van der Waals surface area contributed by atoms with Gasteiger partial charge in [-0.15, -0.1) is 11.3 Å². The Morgan fingerprint density at radius 2 is 2.08 bits per heavy atom. The molecule has 2 aliphatic carbocycles. The van der Waals surface area contributed by atoms with E-state index in [-0.39, 0.29) is 6.10 Å². The number of hydrogen-bond donors (Lipinski definition) is 3. The number of likely N-dealkylation sites (N-methyl/N-ethyl adjacent to an activating group) is 1. The van der Waals surface area contributed by atoms with Crippen molar-refractivity contribution in [2.45, 2.75) is 64.4 Å². The molecule has 2 aliphatic rings. The van der Waals surface area contributed by atoms with E-state index in [1.807, 2.05) is 25.3 Å². The van der Waals surface area contributed by atoms with Gasteiger partial charge >= 0.3 is 6.09 Å². The maximum Gasteiger partial charge on any atom is 0.418 e. The number of carbonyl (C=O) groups excluding carboxylic acids is 1. The molecule has 1 amide bonds. The topological polar surface area (TPSA) is 91.5 Å². The highest BCUT2D eigenvalue weighted by Gasteiger charge is 2.23. The number of nitrogens with one attached hydrogen (secondary N) is 3. The van der Waals surface area contributed by atoms with E-state index in [1.165, 1.54) is 29.7 Å². The number of rotatable bonds is 9. The first-order chi connectivity index (χ1) is 18.5. The third kappa shape index (κ3) is 7.58. The quantitative estimate of drug-likeness (QED) is 0.314. The van der Waals surface area contributed by atoms with Crippen molar-refractivity contribution >= 4 is 33.5 Å². The molecule has 0 saturated carbocycles. The van der Waals surface area contributed by atoms with Gasteiger partial charge in [-0.05, 0) is 96.4 Å². The summed E-state index contributed by atoms with van der Waals surface area (Å²) in [6.45, 7) is 4.26. The minimum Gasteiger partial charge on any atom is -0.485 e. The van der Waals surface area contributed by atoms with Gasteiger partial charge in [0.05, 0.1) is 5.69 Å². The molecule has 1 aromatic carbocycles. The Balaban J connectivity index is 0.000000617. The van der Waals surface area contributed by atoms with Gasteiger partial charge in [0, 0.05) is 34.9 Å². The van der Waals surface area contributed by atoms with Crippen molar-refractivity contribution in [1.82, 2.24) is 20.2 Å². The molecule has 0 spiro atoms. The summed E-state index contributed by atoms with van der Waals surface area (Å²) in [6, 6.07) is 6.08. The van der Waals surface area contributed by atoms with Crippen LogP contribution in [-0.4, -0.2) is 61.3 Å². The average Bonchev–Trinajstić information content (AvgIpc) is 3.62. The fourth-order valence-electron chi connectivity index (χ4n) is 4.75. The predicted octanol–water partition coefficient (Wildman–Crippen LogP) is 5.90. The Kier molecular flexibility index (Phi) is 10.2. The first-order valence-electron chi connectivity index (χ1n) is 13.7. The van der Waals surface area contributed by atoms with Crippen LogP contribution in [0.5, 0.6) is 5.75 Å². The second kappa shape index (κ2) is 13.8. The average molecular weight is 540 g/mol. The van der Waals surface area contributed by atoms with Crippen molar-refractivity contribution in [3.8, 4) is 5.75 Å². The summed E-state index contributed by atoms with van der Waals surface area (Å²) < 4.78 is 11.9. The van der Waals surface area contributed by atoms with E-state index in [0.29, 0.717) is 17.3 Å². The van der Waals surface area contributed by atoms with Crippen molar-refractivity contribution in [3.63, 3.8) is 0 Å². The molecule has 1 unspecified atom stereocenters. The summed E-state index contributed by atoms with van der Waals surface area (Å²) in [5.41, 5.74) is 3.45. The van der Waals surface area contributed by atoms with Crippen LogP contribution < -0.4 is 15.4 Å². The number of aromatic amines is 1. The second-order valence-electron chi connectivity index (χ2n) is 10.1. The van der Waals surface area contributed by atoms with Gasteiger partial charge in [-0.2, -0.15) is 0 Å². The third-order valence-electron chi connectivity index (χ3n) is 6.68. The van der Waals surface area contributed by atoms with Crippen LogP contribution in [0, 0.1) is 0 Å². The number of nitrogens with zero attached hydrogens (tertiary/aromatic N) is 2. The summed E-state index contributed by atoms with van der Waals surface area (Å²) in [4.78, 5) is 23.8. The van der Waals surface area contributed by atoms with E-state index < -0.39 is 6.09 Å². The molecule has 5 rings (SSSR count). The first kappa shape index (κ1) is 28.1. The molecule has 0 bridgehead atoms. The molecule has 0 aliphatic heterocycles. The zero-order valence-electron chi connectivity index (χ0n) is 23.1. The number of ether oxygens (including phenoxy) is 2. The Bertz CT molecular complexity index is 1210. The predicted molar refractivity (Wildman–Crippen MR) is 155 cm³/mol. The number of H-pyrrole nitrogens is 1. The molecule has 3 N–H and O–H groups in total. The van der Waals surface area contributed by atoms with Crippen molar-refractivity contribution in [3.05, 3.63) is 52.4 Å². The molecule has 0 saturated heterocycles. The van der Waals surface area contributed by atoms with Gasteiger partial charge in [0.1, 0.15) is 17.6 Å². The molecule has 206 valence electrons. The van der Waals surface area contributed by atoms with E-state index in [2.05, 4.69) is 58.8 Å². The number of carbonyl (C=O) groups is 1. The van der Waals surface area contributed by atoms with Gasteiger partial charge in [0.15, 0.2) is 5.13 Å². The molecular formula is C29H41N5O3S. The molecule has 38 heavy (non-hydrogen) atoms. The normalized spacial score (nSPS) is 16.6. The van der Waals surface area contributed by atoms with Crippen LogP contribution >= 0.6 is 11.3 Å². The first-order valence-corrected chi connectivity index (χ1v) is 14.5. The van der Waals surface area contributed by atoms with Gasteiger partial charge in [0.2, 0.25) is 0 Å². The lowest BCUT2D eigenvalue weighted by atomic mass is 10.0. The van der Waals surface area contributed by atoms with E-state index in [9.17, 15) is 4.79 Å². The highest BCUT2D eigenvalue weighted by Crippen LogP contribution is 2.33. The third-order valence-corrected chi connectivity index (χ3v) is 7.75. The van der Waals surface area contributed by atoms with Crippen LogP contribution in [0.1, 0.15) is 55.2 Å². The highest BCUT2D eigenvalue weighted by molar-refractivity contribution is 7.15. The maximum absolute atomic E-state index is 12.4. The van der Waals surface area contributed by atoms with Crippen LogP contribution in [-0.2, 0) is 24.0 Å². The minimum absolute atomic E-state index is 0.123. The maximum atomic E-state index is 12.4. The summed E-state index contributed by atoms with van der Waals surface area (Å²) in [7, 11) is 6.12. The standard InChI is InChI=1S/C25H30N4O3S.C4H11N/c1-29(2)13-12-16-15-26-20-7-5-8-21(23(16)20)31-17-10-11-18(14-17)32-25(30)28-24-27-19-6-3-4-9-22(19)33-24;1-3-4-5-2/h5,7-8,14-15,17,26H,3-4,6,9-13H2,1-2H3,(H,27,28,30);5H,3-4H2,1-2H3. The number of aromatic nitrogens is 2. The number of fused-ring (bicyclic) bond motifs is 2. The van der Waals surface area contributed by atoms with Crippen LogP contribution in [0.2, 0.25) is 0 Å². The van der Waals surface area contributed by atoms with Gasteiger partial charge in [-0.3, -0.25) is 5.32 Å². The Morgan fingerprint density at radius 3 is 2.82 bits per heavy atom. The van der Waals surface area contributed by atoms with Crippen LogP contribution in [0.3, 0.4) is 0 Å². The van der Waals surface area contributed by atoms with E-state index >= 15 is 0 Å². The van der Waals surface area contributed by atoms with Crippen LogP contribution in [0.4, 0.5) is 9.93 Å². The molecule has 0 radical (unpaired) electrons. The Hall–Kier alpha value is -2.88. The highest BCUT2D eigenvalue weighted by atomic mass is 32.1. The lowest BCUT2D eigenvalue weighted by molar-refractivity contribution is 0.189. The van der Waals surface area contributed by atoms with Crippen molar-refractivity contribution in [2.75, 3.05) is 39.5 Å². The Labute approximate surface area is 229 Å². The molecule has 2 aromatic heterocycles. The SMILES string of the molecule is CCCNC.CN(C)CCc1c[nH]c2cccc(OC3C=C(OC(=O)Nc4nc5c(s4)CCCC5)CC3)c12. The van der Waals surface area contributed by atoms with Gasteiger partial charge in [-0.1, -0.05) is 13.0 Å². The number of benzene rings is 1. The number of anilines is 1. The molecule has 9 heteroatoms. The number of allylic oxidation sites excluding steroid dienone is 1. The summed E-state index contributed by atoms with van der Waals surface area (Å²) in [5.74, 6) is 1.51. The lowest BCUT2D eigenvalue weighted by Crippen LogP contribution is -2.15. The largest absolute Gasteiger partial charge is 0.485 e. The summed E-state index contributed by atoms with van der Waals surface area (Å²) in [6.07, 6.45) is 11.4. The summed E-state index contributed by atoms with van der Waals surface area (Å²) >= 11 is 1.56. The lowest BCUT2D eigenvalue weighted by Gasteiger charge is -2.14. The fraction of sp³-hybridized carbons (Fsp3) is 0.517. The molecular weight excluding hydrogens is 498 g/mol. The zero-order valence-corrected chi connectivity index (χ0v) is 23.9. The summed E-state index contributed by atoms with van der Waals surface area (Å²) in [5, 5.41) is 7.58. The molecule has 2 heterocycles. The smallest absolute Gasteiger partial charge is 0.418 e. The second-order valence-corrected chi connectivity index (χ2v) is 11.2. The number of amides is 1. The molecule has 3 aromatic rings. The fourth-order valence-corrected chi connectivity index (χ4v) is 5.78. The van der Waals surface area contributed by atoms with Gasteiger partial charge in [-0.25, -0.2) is 9.78 Å². The van der Waals surface area contributed by atoms with Crippen LogP contribution in [0.25, 0.3) is 10.9 Å². The number of thiazole rings is 1. The molecule has 8 nitrogen and oxygen atoms in total. The minimum atomic E-state index is -0.480. The number of aryl methyl sites for hydroxylation is 2. The van der Waals surface area contributed by atoms with Gasteiger partial charge in [0.25, 0.3) is 0 Å². The van der Waals surface area contributed by atoms with Crippen molar-refractivity contribution in [1.29, 1.82) is 0 Å². The van der Waals surface area contributed by atoms with E-state index in [1.54, 1.807) is 11.3 Å². The van der Waals surface area contributed by atoms with Crippen molar-refractivity contribution < 1.29 is 14.3 Å². The van der Waals surface area contributed by atoms with Crippen molar-refractivity contribution in [2.24, 2.45) is 0 Å². The van der Waals surface area contributed by atoms with E-state index in [0.717, 1.165) is 61.1 Å². The zero-order chi connectivity index (χ0) is 26.9. The van der Waals surface area contributed by atoms with E-state index in [4.69, 9.17) is 9.47 Å². The number of hydrogen-bond acceptors (Lipinski definition) is 7. The molecule has 1 atom stereocenters.